The second-order valence-electron chi connectivity index (χ2n) is 6.39. The van der Waals surface area contributed by atoms with E-state index in [1.807, 2.05) is 0 Å². The van der Waals surface area contributed by atoms with Crippen molar-refractivity contribution >= 4 is 39.1 Å². The number of fused-ring (bicyclic) bond motifs is 3. The first-order valence-corrected chi connectivity index (χ1v) is 9.03. The van der Waals surface area contributed by atoms with Crippen LogP contribution in [0.2, 0.25) is 0 Å². The first-order chi connectivity index (χ1) is 10.0. The van der Waals surface area contributed by atoms with Crippen LogP contribution in [-0.2, 0) is 3.42 Å². The van der Waals surface area contributed by atoms with Crippen molar-refractivity contribution < 1.29 is 0 Å². The number of unbranched alkanes of at least 4 members (excludes halogenated alkanes) is 1. The van der Waals surface area contributed by atoms with Crippen LogP contribution in [0.15, 0.2) is 30.3 Å². The molecule has 2 unspecified atom stereocenters. The van der Waals surface area contributed by atoms with E-state index in [2.05, 4.69) is 85.6 Å². The number of rotatable bonds is 3. The molecule has 1 aliphatic rings. The van der Waals surface area contributed by atoms with E-state index < -0.39 is 0 Å². The summed E-state index contributed by atoms with van der Waals surface area (Å²) in [6.07, 6.45) is 3.82. The fourth-order valence-corrected chi connectivity index (χ4v) is 5.17. The smallest absolute Gasteiger partial charge is 0.0696 e. The summed E-state index contributed by atoms with van der Waals surface area (Å²) in [7, 11) is 2.26. The van der Waals surface area contributed by atoms with Gasteiger partial charge in [-0.2, -0.15) is 0 Å². The number of anilines is 1. The van der Waals surface area contributed by atoms with E-state index in [4.69, 9.17) is 0 Å². The summed E-state index contributed by atoms with van der Waals surface area (Å²) in [5.41, 5.74) is 4.45. The lowest BCUT2D eigenvalue weighted by molar-refractivity contribution is 0.503. The Morgan fingerprint density at radius 2 is 2.00 bits per heavy atom. The van der Waals surface area contributed by atoms with Gasteiger partial charge in [0.1, 0.15) is 0 Å². The van der Waals surface area contributed by atoms with E-state index in [-0.39, 0.29) is 3.42 Å². The maximum Gasteiger partial charge on any atom is 0.0696 e. The third kappa shape index (κ3) is 2.18. The monoisotopic (exact) mass is 393 g/mol. The Morgan fingerprint density at radius 1 is 1.29 bits per heavy atom. The van der Waals surface area contributed by atoms with Gasteiger partial charge in [0.2, 0.25) is 0 Å². The predicted molar refractivity (Wildman–Crippen MR) is 102 cm³/mol. The number of halogens is 1. The van der Waals surface area contributed by atoms with Crippen LogP contribution in [0.25, 0.3) is 10.8 Å². The van der Waals surface area contributed by atoms with Crippen molar-refractivity contribution in [3.8, 4) is 0 Å². The van der Waals surface area contributed by atoms with Gasteiger partial charge < -0.3 is 4.90 Å². The fourth-order valence-electron chi connectivity index (χ4n) is 3.83. The van der Waals surface area contributed by atoms with E-state index in [9.17, 15) is 0 Å². The van der Waals surface area contributed by atoms with E-state index in [0.29, 0.717) is 6.04 Å². The molecule has 0 fully saturated rings. The average Bonchev–Trinajstić information content (AvgIpc) is 2.68. The molecule has 1 nitrogen and oxygen atoms in total. The Morgan fingerprint density at radius 3 is 2.71 bits per heavy atom. The standard InChI is InChI=1S/C19H24IN/c1-5-6-11-19(20)14(3)21(4)18-13(2)12-15-9-7-8-10-16(15)17(18)19/h7-10,12,14H,5-6,11H2,1-4H3. The van der Waals surface area contributed by atoms with Crippen LogP contribution in [0.1, 0.15) is 44.2 Å². The largest absolute Gasteiger partial charge is 0.370 e. The van der Waals surface area contributed by atoms with Crippen molar-refractivity contribution in [1.29, 1.82) is 0 Å². The molecule has 2 aromatic carbocycles. The van der Waals surface area contributed by atoms with Crippen molar-refractivity contribution in [3.63, 3.8) is 0 Å². The first kappa shape index (κ1) is 15.1. The predicted octanol–water partition coefficient (Wildman–Crippen LogP) is 5.81. The van der Waals surface area contributed by atoms with E-state index >= 15 is 0 Å². The SMILES string of the molecule is CCCCC1(I)c2c(c(C)cc3ccccc23)N(C)C1C. The van der Waals surface area contributed by atoms with Gasteiger partial charge in [0.05, 0.1) is 3.42 Å². The van der Waals surface area contributed by atoms with Crippen molar-refractivity contribution in [2.75, 3.05) is 11.9 Å². The zero-order valence-corrected chi connectivity index (χ0v) is 15.6. The highest BCUT2D eigenvalue weighted by atomic mass is 127. The highest BCUT2D eigenvalue weighted by Gasteiger charge is 2.46. The van der Waals surface area contributed by atoms with Crippen LogP contribution >= 0.6 is 22.6 Å². The molecule has 2 heteroatoms. The molecule has 1 heterocycles. The molecule has 0 saturated heterocycles. The zero-order chi connectivity index (χ0) is 15.2. The molecule has 0 aliphatic carbocycles. The maximum atomic E-state index is 2.74. The number of likely N-dealkylation sites (N-methyl/N-ethyl adjacent to an activating group) is 1. The van der Waals surface area contributed by atoms with Gasteiger partial charge in [0, 0.05) is 24.3 Å². The van der Waals surface area contributed by atoms with E-state index in [1.54, 1.807) is 5.56 Å². The molecule has 0 N–H and O–H groups in total. The second-order valence-corrected chi connectivity index (χ2v) is 8.32. The Labute approximate surface area is 141 Å². The number of nitrogens with zero attached hydrogens (tertiary/aromatic N) is 1. The molecular formula is C19H24IN. The Kier molecular flexibility index (Phi) is 3.93. The molecule has 1 aliphatic heterocycles. The summed E-state index contributed by atoms with van der Waals surface area (Å²) in [6, 6.07) is 11.8. The van der Waals surface area contributed by atoms with Crippen molar-refractivity contribution in [1.82, 2.24) is 0 Å². The third-order valence-corrected chi connectivity index (χ3v) is 7.10. The highest BCUT2D eigenvalue weighted by molar-refractivity contribution is 14.1. The Hall–Kier alpha value is -0.770. The molecule has 0 amide bonds. The quantitative estimate of drug-likeness (QED) is 0.470. The summed E-state index contributed by atoms with van der Waals surface area (Å²) in [6.45, 7) is 6.94. The molecule has 21 heavy (non-hydrogen) atoms. The molecule has 0 bridgehead atoms. The van der Waals surface area contributed by atoms with Crippen molar-refractivity contribution in [2.24, 2.45) is 0 Å². The van der Waals surface area contributed by atoms with Gasteiger partial charge in [-0.25, -0.2) is 0 Å². The molecule has 0 radical (unpaired) electrons. The maximum absolute atomic E-state index is 2.74. The number of hydrogen-bond acceptors (Lipinski definition) is 1. The number of alkyl halides is 1. The van der Waals surface area contributed by atoms with Crippen LogP contribution in [-0.4, -0.2) is 13.1 Å². The second kappa shape index (κ2) is 5.45. The van der Waals surface area contributed by atoms with Gasteiger partial charge in [-0.15, -0.1) is 0 Å². The number of benzene rings is 2. The average molecular weight is 393 g/mol. The molecule has 112 valence electrons. The molecular weight excluding hydrogens is 369 g/mol. The van der Waals surface area contributed by atoms with Gasteiger partial charge in [0.15, 0.2) is 0 Å². The minimum Gasteiger partial charge on any atom is -0.370 e. The topological polar surface area (TPSA) is 3.24 Å². The minimum absolute atomic E-state index is 0.226. The molecule has 3 rings (SSSR count). The van der Waals surface area contributed by atoms with E-state index in [1.165, 1.54) is 41.3 Å². The molecule has 0 spiro atoms. The van der Waals surface area contributed by atoms with Gasteiger partial charge in [0.25, 0.3) is 0 Å². The third-order valence-electron chi connectivity index (χ3n) is 5.12. The Balaban J connectivity index is 2.31. The normalized spacial score (nSPS) is 24.6. The summed E-state index contributed by atoms with van der Waals surface area (Å²) in [5, 5.41) is 2.83. The summed E-state index contributed by atoms with van der Waals surface area (Å²) in [5.74, 6) is 0. The summed E-state index contributed by atoms with van der Waals surface area (Å²) >= 11 is 2.74. The minimum atomic E-state index is 0.226. The fraction of sp³-hybridized carbons (Fsp3) is 0.474. The lowest BCUT2D eigenvalue weighted by Gasteiger charge is -2.31. The van der Waals surface area contributed by atoms with Gasteiger partial charge in [-0.05, 0) is 42.7 Å². The lowest BCUT2D eigenvalue weighted by Crippen LogP contribution is -2.36. The van der Waals surface area contributed by atoms with Crippen LogP contribution in [0.5, 0.6) is 0 Å². The van der Waals surface area contributed by atoms with Crippen LogP contribution in [0, 0.1) is 6.92 Å². The molecule has 2 atom stereocenters. The Bertz CT molecular complexity index is 679. The van der Waals surface area contributed by atoms with Crippen LogP contribution < -0.4 is 4.90 Å². The van der Waals surface area contributed by atoms with Crippen molar-refractivity contribution in [2.45, 2.75) is 49.5 Å². The molecule has 0 saturated carbocycles. The summed E-state index contributed by atoms with van der Waals surface area (Å²) in [4.78, 5) is 2.50. The van der Waals surface area contributed by atoms with Crippen LogP contribution in [0.3, 0.4) is 0 Å². The van der Waals surface area contributed by atoms with Gasteiger partial charge in [-0.1, -0.05) is 66.6 Å². The number of hydrogen-bond donors (Lipinski definition) is 0. The molecule has 2 aromatic rings. The van der Waals surface area contributed by atoms with Gasteiger partial charge >= 0.3 is 0 Å². The van der Waals surface area contributed by atoms with Gasteiger partial charge in [-0.3, -0.25) is 0 Å². The van der Waals surface area contributed by atoms with Crippen molar-refractivity contribution in [3.05, 3.63) is 41.5 Å². The molecule has 0 aromatic heterocycles. The first-order valence-electron chi connectivity index (χ1n) is 7.95. The number of aryl methyl sites for hydroxylation is 1. The highest BCUT2D eigenvalue weighted by Crippen LogP contribution is 2.55. The zero-order valence-electron chi connectivity index (χ0n) is 13.4. The van der Waals surface area contributed by atoms with E-state index in [0.717, 1.165) is 0 Å². The van der Waals surface area contributed by atoms with Crippen LogP contribution in [0.4, 0.5) is 5.69 Å². The summed E-state index contributed by atoms with van der Waals surface area (Å²) < 4.78 is 0.226. The lowest BCUT2D eigenvalue weighted by atomic mass is 9.86.